The highest BCUT2D eigenvalue weighted by Gasteiger charge is 2.24. The summed E-state index contributed by atoms with van der Waals surface area (Å²) in [6, 6.07) is 60.7. The largest absolute Gasteiger partial charge is 0.455 e. The Morgan fingerprint density at radius 3 is 1.29 bits per heavy atom. The number of rotatable bonds is 4. The summed E-state index contributed by atoms with van der Waals surface area (Å²) in [5.74, 6) is 1.51. The van der Waals surface area contributed by atoms with Gasteiger partial charge in [0.15, 0.2) is 17.2 Å². The number of para-hydroxylation sites is 8. The second-order valence-corrected chi connectivity index (χ2v) is 14.7. The van der Waals surface area contributed by atoms with Crippen molar-refractivity contribution in [1.82, 2.24) is 24.1 Å². The second-order valence-electron chi connectivity index (χ2n) is 14.7. The number of nitrogens with zero attached hydrogens (tertiary/aromatic N) is 5. The number of hydrogen-bond donors (Lipinski definition) is 0. The Hall–Kier alpha value is -8.03. The average Bonchev–Trinajstić information content (AvgIpc) is 4.04. The smallest absolute Gasteiger partial charge is 0.238 e. The standard InChI is InChI=1S/C51H29N5O2/c1-6-24-40-30(14-1)31-15-2-7-25-41(31)55(40)44-28-13-21-37-36-20-12-23-39(47(36)58-48(37)44)50-52-49(38-22-11-19-35-34-18-5-10-29-45(34)57-46(35)38)53-51(54-50)56-42-26-8-3-16-32(42)33-17-4-9-27-43(33)56/h1-29H. The van der Waals surface area contributed by atoms with Crippen molar-refractivity contribution in [1.29, 1.82) is 0 Å². The van der Waals surface area contributed by atoms with Crippen molar-refractivity contribution in [2.24, 2.45) is 0 Å². The first-order valence-electron chi connectivity index (χ1n) is 19.4. The molecule has 0 N–H and O–H groups in total. The lowest BCUT2D eigenvalue weighted by atomic mass is 10.1. The number of hydrogen-bond acceptors (Lipinski definition) is 5. The maximum atomic E-state index is 7.07. The highest BCUT2D eigenvalue weighted by Crippen LogP contribution is 2.42. The van der Waals surface area contributed by atoms with Crippen molar-refractivity contribution in [3.05, 3.63) is 176 Å². The Labute approximate surface area is 329 Å². The van der Waals surface area contributed by atoms with Crippen LogP contribution in [-0.2, 0) is 0 Å². The summed E-state index contributed by atoms with van der Waals surface area (Å²) in [6.07, 6.45) is 0. The van der Waals surface area contributed by atoms with Crippen molar-refractivity contribution in [3.63, 3.8) is 0 Å². The van der Waals surface area contributed by atoms with E-state index in [2.05, 4.69) is 149 Å². The van der Waals surface area contributed by atoms with Crippen LogP contribution >= 0.6 is 0 Å². The minimum absolute atomic E-state index is 0.498. The van der Waals surface area contributed by atoms with Crippen LogP contribution in [0.1, 0.15) is 0 Å². The summed E-state index contributed by atoms with van der Waals surface area (Å²) in [7, 11) is 0. The average molecular weight is 744 g/mol. The van der Waals surface area contributed by atoms with E-state index >= 15 is 0 Å². The summed E-state index contributed by atoms with van der Waals surface area (Å²) >= 11 is 0. The molecule has 270 valence electrons. The van der Waals surface area contributed by atoms with Gasteiger partial charge in [-0.2, -0.15) is 9.97 Å². The third-order valence-corrected chi connectivity index (χ3v) is 11.6. The maximum Gasteiger partial charge on any atom is 0.238 e. The van der Waals surface area contributed by atoms with Gasteiger partial charge in [-0.15, -0.1) is 0 Å². The van der Waals surface area contributed by atoms with Gasteiger partial charge in [0.05, 0.1) is 38.9 Å². The fourth-order valence-corrected chi connectivity index (χ4v) is 9.11. The summed E-state index contributed by atoms with van der Waals surface area (Å²) in [4.78, 5) is 15.9. The highest BCUT2D eigenvalue weighted by molar-refractivity contribution is 6.15. The van der Waals surface area contributed by atoms with Gasteiger partial charge in [-0.25, -0.2) is 4.98 Å². The van der Waals surface area contributed by atoms with Crippen LogP contribution in [0.25, 0.3) is 122 Å². The van der Waals surface area contributed by atoms with Crippen molar-refractivity contribution < 1.29 is 8.83 Å². The molecule has 58 heavy (non-hydrogen) atoms. The minimum atomic E-state index is 0.498. The van der Waals surface area contributed by atoms with Crippen LogP contribution in [0.4, 0.5) is 0 Å². The van der Waals surface area contributed by atoms with Crippen LogP contribution in [0.15, 0.2) is 185 Å². The molecule has 5 aromatic heterocycles. The van der Waals surface area contributed by atoms with E-state index in [0.29, 0.717) is 23.2 Å². The first-order chi connectivity index (χ1) is 28.8. The molecular weight excluding hydrogens is 715 g/mol. The summed E-state index contributed by atoms with van der Waals surface area (Å²) in [5, 5.41) is 8.68. The fraction of sp³-hybridized carbons (Fsp3) is 0. The van der Waals surface area contributed by atoms with Crippen LogP contribution in [0, 0.1) is 0 Å². The second kappa shape index (κ2) is 11.7. The van der Waals surface area contributed by atoms with Crippen LogP contribution in [-0.4, -0.2) is 24.1 Å². The van der Waals surface area contributed by atoms with E-state index in [-0.39, 0.29) is 0 Å². The van der Waals surface area contributed by atoms with Crippen molar-refractivity contribution in [2.75, 3.05) is 0 Å². The van der Waals surface area contributed by atoms with Gasteiger partial charge in [-0.3, -0.25) is 4.57 Å². The van der Waals surface area contributed by atoms with Gasteiger partial charge < -0.3 is 13.4 Å². The number of aromatic nitrogens is 5. The zero-order chi connectivity index (χ0) is 37.9. The lowest BCUT2D eigenvalue weighted by Crippen LogP contribution is -2.06. The molecule has 5 heterocycles. The molecule has 0 radical (unpaired) electrons. The quantitative estimate of drug-likeness (QED) is 0.179. The fourth-order valence-electron chi connectivity index (χ4n) is 9.11. The molecule has 13 aromatic rings. The molecule has 7 heteroatoms. The molecule has 0 spiro atoms. The van der Waals surface area contributed by atoms with Gasteiger partial charge in [0, 0.05) is 43.1 Å². The zero-order valence-corrected chi connectivity index (χ0v) is 30.8. The van der Waals surface area contributed by atoms with E-state index in [1.165, 1.54) is 10.8 Å². The molecule has 0 saturated carbocycles. The monoisotopic (exact) mass is 743 g/mol. The first-order valence-corrected chi connectivity index (χ1v) is 19.4. The van der Waals surface area contributed by atoms with Gasteiger partial charge in [0.2, 0.25) is 5.95 Å². The Bertz CT molecular complexity index is 3720. The number of fused-ring (bicyclic) bond motifs is 12. The van der Waals surface area contributed by atoms with Crippen molar-refractivity contribution in [2.45, 2.75) is 0 Å². The van der Waals surface area contributed by atoms with Gasteiger partial charge >= 0.3 is 0 Å². The van der Waals surface area contributed by atoms with E-state index in [4.69, 9.17) is 23.8 Å². The number of benzene rings is 8. The van der Waals surface area contributed by atoms with Crippen molar-refractivity contribution in [3.8, 4) is 34.4 Å². The van der Waals surface area contributed by atoms with E-state index in [1.54, 1.807) is 0 Å². The molecule has 0 amide bonds. The molecular formula is C51H29N5O2. The summed E-state index contributed by atoms with van der Waals surface area (Å²) < 4.78 is 18.1. The Morgan fingerprint density at radius 2 is 0.724 bits per heavy atom. The molecule has 0 saturated heterocycles. The Morgan fingerprint density at radius 1 is 0.310 bits per heavy atom. The Kier molecular flexibility index (Phi) is 6.32. The van der Waals surface area contributed by atoms with Crippen LogP contribution < -0.4 is 0 Å². The summed E-state index contributed by atoms with van der Waals surface area (Å²) in [5.41, 5.74) is 9.81. The molecule has 0 aliphatic carbocycles. The Balaban J connectivity index is 1.11. The molecule has 8 aromatic carbocycles. The minimum Gasteiger partial charge on any atom is -0.455 e. The van der Waals surface area contributed by atoms with E-state index in [0.717, 1.165) is 87.9 Å². The lowest BCUT2D eigenvalue weighted by molar-refractivity contribution is 0.667. The topological polar surface area (TPSA) is 74.8 Å². The van der Waals surface area contributed by atoms with Gasteiger partial charge in [-0.1, -0.05) is 127 Å². The summed E-state index contributed by atoms with van der Waals surface area (Å²) in [6.45, 7) is 0. The van der Waals surface area contributed by atoms with Gasteiger partial charge in [0.25, 0.3) is 0 Å². The SMILES string of the molecule is c1ccc2c(c1)oc1c(-c3nc(-c4cccc5c4oc4c(-n6c7ccccc7c7ccccc76)cccc45)nc(-n4c5ccccc5c5ccccc54)n3)cccc12. The van der Waals surface area contributed by atoms with Crippen molar-refractivity contribution >= 4 is 87.5 Å². The van der Waals surface area contributed by atoms with Crippen LogP contribution in [0.2, 0.25) is 0 Å². The predicted octanol–water partition coefficient (Wildman–Crippen LogP) is 13.2. The molecule has 0 fully saturated rings. The van der Waals surface area contributed by atoms with Crippen LogP contribution in [0.5, 0.6) is 0 Å². The van der Waals surface area contributed by atoms with Gasteiger partial charge in [-0.05, 0) is 48.5 Å². The first kappa shape index (κ1) is 31.2. The molecule has 0 aliphatic rings. The molecule has 13 rings (SSSR count). The molecule has 0 atom stereocenters. The van der Waals surface area contributed by atoms with E-state index in [9.17, 15) is 0 Å². The van der Waals surface area contributed by atoms with E-state index < -0.39 is 0 Å². The van der Waals surface area contributed by atoms with E-state index in [1.807, 2.05) is 36.4 Å². The zero-order valence-electron chi connectivity index (χ0n) is 30.8. The normalized spacial score (nSPS) is 12.1. The van der Waals surface area contributed by atoms with Crippen LogP contribution in [0.3, 0.4) is 0 Å². The molecule has 0 bridgehead atoms. The maximum absolute atomic E-state index is 7.07. The third kappa shape index (κ3) is 4.30. The molecule has 0 unspecified atom stereocenters. The molecule has 7 nitrogen and oxygen atoms in total. The molecule has 0 aliphatic heterocycles. The predicted molar refractivity (Wildman–Crippen MR) is 234 cm³/mol. The highest BCUT2D eigenvalue weighted by atomic mass is 16.3. The van der Waals surface area contributed by atoms with Gasteiger partial charge in [0.1, 0.15) is 16.7 Å². The lowest BCUT2D eigenvalue weighted by Gasteiger charge is -2.11. The third-order valence-electron chi connectivity index (χ3n) is 11.6. The number of furan rings is 2.